The number of benzene rings is 2. The van der Waals surface area contributed by atoms with Crippen molar-refractivity contribution in [2.75, 3.05) is 25.6 Å². The van der Waals surface area contributed by atoms with Crippen LogP contribution in [-0.2, 0) is 4.74 Å². The van der Waals surface area contributed by atoms with Crippen LogP contribution in [0.15, 0.2) is 48.5 Å². The second-order valence-corrected chi connectivity index (χ2v) is 5.48. The molecular formula is C19H20N2O5. The standard InChI is InChI=1S/C19H20N2O5/c1-26-12-4-11-20-17(22)13-7-9-14(10-8-13)21-18(23)15-5-2-3-6-16(15)19(24)25/h2-3,5-10H,4,11-12H2,1H3,(H,20,22)(H,21,23)(H,24,25). The van der Waals surface area contributed by atoms with Crippen LogP contribution in [0.5, 0.6) is 0 Å². The highest BCUT2D eigenvalue weighted by atomic mass is 16.5. The van der Waals surface area contributed by atoms with E-state index in [-0.39, 0.29) is 17.0 Å². The molecule has 0 aliphatic carbocycles. The average Bonchev–Trinajstić information content (AvgIpc) is 2.65. The van der Waals surface area contributed by atoms with Crippen LogP contribution in [0.25, 0.3) is 0 Å². The van der Waals surface area contributed by atoms with Crippen LogP contribution in [-0.4, -0.2) is 43.2 Å². The summed E-state index contributed by atoms with van der Waals surface area (Å²) < 4.78 is 4.91. The zero-order chi connectivity index (χ0) is 18.9. The molecule has 0 aliphatic rings. The number of hydrogen-bond donors (Lipinski definition) is 3. The molecule has 0 radical (unpaired) electrons. The fourth-order valence-corrected chi connectivity index (χ4v) is 2.29. The van der Waals surface area contributed by atoms with Crippen LogP contribution in [0.1, 0.15) is 37.5 Å². The number of carbonyl (C=O) groups is 3. The van der Waals surface area contributed by atoms with Gasteiger partial charge in [-0.05, 0) is 42.8 Å². The maximum absolute atomic E-state index is 12.3. The van der Waals surface area contributed by atoms with Crippen LogP contribution in [0.3, 0.4) is 0 Å². The number of amides is 2. The van der Waals surface area contributed by atoms with Gasteiger partial charge < -0.3 is 20.5 Å². The molecule has 0 atom stereocenters. The molecule has 0 fully saturated rings. The van der Waals surface area contributed by atoms with Crippen LogP contribution >= 0.6 is 0 Å². The van der Waals surface area contributed by atoms with Gasteiger partial charge in [-0.2, -0.15) is 0 Å². The van der Waals surface area contributed by atoms with Gasteiger partial charge >= 0.3 is 5.97 Å². The van der Waals surface area contributed by atoms with E-state index in [1.54, 1.807) is 43.5 Å². The molecule has 136 valence electrons. The predicted octanol–water partition coefficient (Wildman–Crippen LogP) is 2.40. The Hall–Kier alpha value is -3.19. The molecule has 0 bridgehead atoms. The van der Waals surface area contributed by atoms with E-state index in [1.807, 2.05) is 0 Å². The molecule has 0 saturated heterocycles. The van der Waals surface area contributed by atoms with Gasteiger partial charge in [-0.15, -0.1) is 0 Å². The molecule has 7 heteroatoms. The summed E-state index contributed by atoms with van der Waals surface area (Å²) in [6.07, 6.45) is 0.722. The number of anilines is 1. The molecule has 2 rings (SSSR count). The van der Waals surface area contributed by atoms with Gasteiger partial charge in [-0.25, -0.2) is 4.79 Å². The van der Waals surface area contributed by atoms with Crippen molar-refractivity contribution >= 4 is 23.5 Å². The zero-order valence-corrected chi connectivity index (χ0v) is 14.3. The van der Waals surface area contributed by atoms with Crippen LogP contribution in [0, 0.1) is 0 Å². The first-order valence-corrected chi connectivity index (χ1v) is 8.04. The Morgan fingerprint density at radius 2 is 1.62 bits per heavy atom. The minimum atomic E-state index is -1.17. The lowest BCUT2D eigenvalue weighted by Gasteiger charge is -2.09. The molecule has 0 saturated carbocycles. The van der Waals surface area contributed by atoms with Gasteiger partial charge in [0.1, 0.15) is 0 Å². The highest BCUT2D eigenvalue weighted by Gasteiger charge is 2.16. The number of methoxy groups -OCH3 is 1. The van der Waals surface area contributed by atoms with Gasteiger partial charge in [0.15, 0.2) is 0 Å². The third-order valence-electron chi connectivity index (χ3n) is 3.62. The van der Waals surface area contributed by atoms with E-state index in [1.165, 1.54) is 12.1 Å². The van der Waals surface area contributed by atoms with Gasteiger partial charge in [0.2, 0.25) is 0 Å². The molecule has 26 heavy (non-hydrogen) atoms. The first kappa shape index (κ1) is 19.1. The van der Waals surface area contributed by atoms with Crippen molar-refractivity contribution in [2.24, 2.45) is 0 Å². The third kappa shape index (κ3) is 5.15. The van der Waals surface area contributed by atoms with Crippen molar-refractivity contribution in [3.05, 3.63) is 65.2 Å². The molecule has 0 heterocycles. The largest absolute Gasteiger partial charge is 0.478 e. The van der Waals surface area contributed by atoms with Crippen molar-refractivity contribution in [1.82, 2.24) is 5.32 Å². The molecule has 0 spiro atoms. The molecule has 3 N–H and O–H groups in total. The van der Waals surface area contributed by atoms with E-state index in [4.69, 9.17) is 9.84 Å². The zero-order valence-electron chi connectivity index (χ0n) is 14.3. The quantitative estimate of drug-likeness (QED) is 0.630. The predicted molar refractivity (Wildman–Crippen MR) is 96.6 cm³/mol. The van der Waals surface area contributed by atoms with Gasteiger partial charge in [0, 0.05) is 31.5 Å². The third-order valence-corrected chi connectivity index (χ3v) is 3.62. The maximum Gasteiger partial charge on any atom is 0.336 e. The minimum absolute atomic E-state index is 0.0694. The number of hydrogen-bond acceptors (Lipinski definition) is 4. The highest BCUT2D eigenvalue weighted by molar-refractivity contribution is 6.10. The fraction of sp³-hybridized carbons (Fsp3) is 0.211. The summed E-state index contributed by atoms with van der Waals surface area (Å²) in [6, 6.07) is 12.3. The summed E-state index contributed by atoms with van der Waals surface area (Å²) in [5.41, 5.74) is 0.925. The van der Waals surface area contributed by atoms with Crippen molar-refractivity contribution in [2.45, 2.75) is 6.42 Å². The monoisotopic (exact) mass is 356 g/mol. The second kappa shape index (κ2) is 9.33. The minimum Gasteiger partial charge on any atom is -0.478 e. The lowest BCUT2D eigenvalue weighted by Crippen LogP contribution is -2.25. The molecule has 2 aromatic rings. The molecule has 2 amide bonds. The molecule has 2 aromatic carbocycles. The first-order valence-electron chi connectivity index (χ1n) is 8.04. The molecule has 0 unspecified atom stereocenters. The summed E-state index contributed by atoms with van der Waals surface area (Å²) in [7, 11) is 1.60. The smallest absolute Gasteiger partial charge is 0.336 e. The topological polar surface area (TPSA) is 105 Å². The molecular weight excluding hydrogens is 336 g/mol. The number of nitrogens with one attached hydrogen (secondary N) is 2. The van der Waals surface area contributed by atoms with E-state index in [0.29, 0.717) is 24.4 Å². The number of ether oxygens (including phenoxy) is 1. The molecule has 0 aromatic heterocycles. The summed E-state index contributed by atoms with van der Waals surface area (Å²) in [6.45, 7) is 1.08. The summed E-state index contributed by atoms with van der Waals surface area (Å²) in [5.74, 6) is -1.91. The Bertz CT molecular complexity index is 787. The normalized spacial score (nSPS) is 10.2. The number of carbonyl (C=O) groups excluding carboxylic acids is 2. The van der Waals surface area contributed by atoms with E-state index >= 15 is 0 Å². The first-order chi connectivity index (χ1) is 12.5. The number of rotatable bonds is 8. The Kier molecular flexibility index (Phi) is 6.87. The second-order valence-electron chi connectivity index (χ2n) is 5.48. The number of aromatic carboxylic acids is 1. The number of carboxylic acid groups (broad SMARTS) is 1. The number of carboxylic acids is 1. The lowest BCUT2D eigenvalue weighted by atomic mass is 10.1. The van der Waals surface area contributed by atoms with Crippen molar-refractivity contribution < 1.29 is 24.2 Å². The van der Waals surface area contributed by atoms with E-state index in [0.717, 1.165) is 6.42 Å². The molecule has 0 aliphatic heterocycles. The van der Waals surface area contributed by atoms with Crippen LogP contribution in [0.2, 0.25) is 0 Å². The Balaban J connectivity index is 2.00. The van der Waals surface area contributed by atoms with Crippen molar-refractivity contribution in [3.63, 3.8) is 0 Å². The summed E-state index contributed by atoms with van der Waals surface area (Å²) in [4.78, 5) is 35.5. The summed E-state index contributed by atoms with van der Waals surface area (Å²) >= 11 is 0. The van der Waals surface area contributed by atoms with Crippen molar-refractivity contribution in [1.29, 1.82) is 0 Å². The van der Waals surface area contributed by atoms with E-state index < -0.39 is 11.9 Å². The fourth-order valence-electron chi connectivity index (χ4n) is 2.29. The Labute approximate surface area is 151 Å². The van der Waals surface area contributed by atoms with Gasteiger partial charge in [-0.3, -0.25) is 9.59 Å². The van der Waals surface area contributed by atoms with E-state index in [2.05, 4.69) is 10.6 Å². The molecule has 7 nitrogen and oxygen atoms in total. The van der Waals surface area contributed by atoms with Crippen LogP contribution < -0.4 is 10.6 Å². The Morgan fingerprint density at radius 1 is 0.962 bits per heavy atom. The highest BCUT2D eigenvalue weighted by Crippen LogP contribution is 2.14. The maximum atomic E-state index is 12.3. The van der Waals surface area contributed by atoms with Gasteiger partial charge in [0.05, 0.1) is 11.1 Å². The van der Waals surface area contributed by atoms with E-state index in [9.17, 15) is 14.4 Å². The lowest BCUT2D eigenvalue weighted by molar-refractivity contribution is 0.0692. The van der Waals surface area contributed by atoms with Crippen LogP contribution in [0.4, 0.5) is 5.69 Å². The summed E-state index contributed by atoms with van der Waals surface area (Å²) in [5, 5.41) is 14.5. The Morgan fingerprint density at radius 3 is 2.23 bits per heavy atom. The SMILES string of the molecule is COCCCNC(=O)c1ccc(NC(=O)c2ccccc2C(=O)O)cc1. The van der Waals surface area contributed by atoms with Gasteiger partial charge in [0.25, 0.3) is 11.8 Å². The van der Waals surface area contributed by atoms with Gasteiger partial charge in [-0.1, -0.05) is 12.1 Å². The average molecular weight is 356 g/mol. The van der Waals surface area contributed by atoms with Crippen molar-refractivity contribution in [3.8, 4) is 0 Å².